The minimum atomic E-state index is -0.169. The van der Waals surface area contributed by atoms with Crippen molar-refractivity contribution in [2.75, 3.05) is 38.5 Å². The summed E-state index contributed by atoms with van der Waals surface area (Å²) in [6.07, 6.45) is 9.98. The third-order valence-corrected chi connectivity index (χ3v) is 8.00. The van der Waals surface area contributed by atoms with Crippen LogP contribution in [0.1, 0.15) is 64.0 Å². The molecule has 1 aliphatic carbocycles. The number of hydrogen-bond donors (Lipinski definition) is 2. The summed E-state index contributed by atoms with van der Waals surface area (Å²) in [5.74, 6) is 0.702. The van der Waals surface area contributed by atoms with Gasteiger partial charge in [-0.2, -0.15) is 4.98 Å². The minimum absolute atomic E-state index is 0.169. The first-order valence-electron chi connectivity index (χ1n) is 13.8. The molecule has 2 aromatic heterocycles. The van der Waals surface area contributed by atoms with Gasteiger partial charge in [0.15, 0.2) is 0 Å². The van der Waals surface area contributed by atoms with Crippen LogP contribution in [0.5, 0.6) is 0 Å². The van der Waals surface area contributed by atoms with Crippen LogP contribution in [0.15, 0.2) is 36.7 Å². The Morgan fingerprint density at radius 3 is 2.47 bits per heavy atom. The van der Waals surface area contributed by atoms with E-state index in [1.165, 1.54) is 16.7 Å². The lowest BCUT2D eigenvalue weighted by Crippen LogP contribution is -2.43. The zero-order valence-corrected chi connectivity index (χ0v) is 22.2. The van der Waals surface area contributed by atoms with E-state index in [9.17, 15) is 5.11 Å². The molecule has 36 heavy (non-hydrogen) atoms. The van der Waals surface area contributed by atoms with Crippen LogP contribution in [0.25, 0.3) is 22.2 Å². The van der Waals surface area contributed by atoms with Gasteiger partial charge in [-0.05, 0) is 57.2 Å². The SMILES string of the molecule is CCCC(C)Nc1ncc2c(-c3ccc(CN4CCN(C)CC4)cc3)cn(C3CCC(O)CC3)c2n1. The fraction of sp³-hybridized carbons (Fsp3) is 0.586. The average Bonchev–Trinajstić information content (AvgIpc) is 3.25. The highest BCUT2D eigenvalue weighted by Crippen LogP contribution is 2.37. The second-order valence-electron chi connectivity index (χ2n) is 11.0. The van der Waals surface area contributed by atoms with Gasteiger partial charge < -0.3 is 19.9 Å². The van der Waals surface area contributed by atoms with Crippen LogP contribution < -0.4 is 5.32 Å². The van der Waals surface area contributed by atoms with E-state index in [2.05, 4.69) is 71.0 Å². The van der Waals surface area contributed by atoms with E-state index >= 15 is 0 Å². The first-order valence-corrected chi connectivity index (χ1v) is 13.8. The molecular weight excluding hydrogens is 448 g/mol. The van der Waals surface area contributed by atoms with Crippen LogP contribution in [0, 0.1) is 0 Å². The number of anilines is 1. The Kier molecular flexibility index (Phi) is 7.89. The number of piperazine rings is 1. The molecule has 5 rings (SSSR count). The summed E-state index contributed by atoms with van der Waals surface area (Å²) in [6, 6.07) is 9.76. The maximum Gasteiger partial charge on any atom is 0.224 e. The van der Waals surface area contributed by atoms with Crippen LogP contribution in [-0.4, -0.2) is 74.8 Å². The molecule has 194 valence electrons. The lowest BCUT2D eigenvalue weighted by atomic mass is 9.93. The van der Waals surface area contributed by atoms with Gasteiger partial charge in [0.25, 0.3) is 0 Å². The fourth-order valence-corrected chi connectivity index (χ4v) is 5.72. The van der Waals surface area contributed by atoms with Crippen molar-refractivity contribution in [3.8, 4) is 11.1 Å². The molecule has 7 nitrogen and oxygen atoms in total. The summed E-state index contributed by atoms with van der Waals surface area (Å²) in [6.45, 7) is 9.95. The summed E-state index contributed by atoms with van der Waals surface area (Å²) in [7, 11) is 2.20. The van der Waals surface area contributed by atoms with Crippen LogP contribution in [0.3, 0.4) is 0 Å². The highest BCUT2D eigenvalue weighted by Gasteiger charge is 2.24. The lowest BCUT2D eigenvalue weighted by Gasteiger charge is -2.32. The Balaban J connectivity index is 1.42. The van der Waals surface area contributed by atoms with Crippen molar-refractivity contribution in [3.05, 3.63) is 42.2 Å². The summed E-state index contributed by atoms with van der Waals surface area (Å²) in [5.41, 5.74) is 4.76. The van der Waals surface area contributed by atoms with Gasteiger partial charge >= 0.3 is 0 Å². The third-order valence-electron chi connectivity index (χ3n) is 8.00. The van der Waals surface area contributed by atoms with Gasteiger partial charge in [0.1, 0.15) is 5.65 Å². The molecule has 1 saturated carbocycles. The van der Waals surface area contributed by atoms with Crippen molar-refractivity contribution < 1.29 is 5.11 Å². The normalized spacial score (nSPS) is 22.7. The van der Waals surface area contributed by atoms with E-state index in [4.69, 9.17) is 9.97 Å². The Morgan fingerprint density at radius 1 is 1.06 bits per heavy atom. The molecule has 3 heterocycles. The first-order chi connectivity index (χ1) is 17.5. The second kappa shape index (κ2) is 11.3. The summed E-state index contributed by atoms with van der Waals surface area (Å²) in [5, 5.41) is 14.7. The summed E-state index contributed by atoms with van der Waals surface area (Å²) in [4.78, 5) is 14.6. The number of hydrogen-bond acceptors (Lipinski definition) is 6. The number of aliphatic hydroxyl groups is 1. The van der Waals surface area contributed by atoms with Crippen LogP contribution in [-0.2, 0) is 6.54 Å². The molecule has 0 spiro atoms. The third kappa shape index (κ3) is 5.74. The van der Waals surface area contributed by atoms with E-state index in [0.29, 0.717) is 18.0 Å². The van der Waals surface area contributed by atoms with E-state index in [-0.39, 0.29) is 6.10 Å². The molecule has 1 atom stereocenters. The van der Waals surface area contributed by atoms with Gasteiger partial charge in [0, 0.05) is 68.2 Å². The molecule has 1 saturated heterocycles. The Morgan fingerprint density at radius 2 is 1.78 bits per heavy atom. The number of aliphatic hydroxyl groups excluding tert-OH is 1. The number of nitrogens with zero attached hydrogens (tertiary/aromatic N) is 5. The molecule has 7 heteroatoms. The Labute approximate surface area is 215 Å². The predicted molar refractivity (Wildman–Crippen MR) is 147 cm³/mol. The lowest BCUT2D eigenvalue weighted by molar-refractivity contribution is 0.111. The Bertz CT molecular complexity index is 1130. The van der Waals surface area contributed by atoms with Crippen molar-refractivity contribution in [2.45, 2.75) is 77.1 Å². The van der Waals surface area contributed by atoms with Crippen molar-refractivity contribution in [1.82, 2.24) is 24.3 Å². The maximum atomic E-state index is 10.1. The monoisotopic (exact) mass is 490 g/mol. The molecule has 0 radical (unpaired) electrons. The molecular formula is C29H42N6O. The summed E-state index contributed by atoms with van der Waals surface area (Å²) >= 11 is 0. The quantitative estimate of drug-likeness (QED) is 0.467. The predicted octanol–water partition coefficient (Wildman–Crippen LogP) is 4.92. The molecule has 3 aromatic rings. The molecule has 2 fully saturated rings. The van der Waals surface area contributed by atoms with Crippen molar-refractivity contribution in [1.29, 1.82) is 0 Å². The van der Waals surface area contributed by atoms with Crippen LogP contribution in [0.4, 0.5) is 5.95 Å². The van der Waals surface area contributed by atoms with Crippen molar-refractivity contribution >= 4 is 17.0 Å². The van der Waals surface area contributed by atoms with Crippen LogP contribution in [0.2, 0.25) is 0 Å². The van der Waals surface area contributed by atoms with Gasteiger partial charge in [-0.15, -0.1) is 0 Å². The molecule has 1 aliphatic heterocycles. The number of nitrogens with one attached hydrogen (secondary N) is 1. The molecule has 1 unspecified atom stereocenters. The highest BCUT2D eigenvalue weighted by atomic mass is 16.3. The van der Waals surface area contributed by atoms with Crippen LogP contribution >= 0.6 is 0 Å². The van der Waals surface area contributed by atoms with Gasteiger partial charge in [-0.3, -0.25) is 4.90 Å². The van der Waals surface area contributed by atoms with E-state index in [1.54, 1.807) is 0 Å². The molecule has 2 N–H and O–H groups in total. The van der Waals surface area contributed by atoms with Crippen molar-refractivity contribution in [3.63, 3.8) is 0 Å². The van der Waals surface area contributed by atoms with Crippen molar-refractivity contribution in [2.24, 2.45) is 0 Å². The highest BCUT2D eigenvalue weighted by molar-refractivity contribution is 5.94. The largest absolute Gasteiger partial charge is 0.393 e. The molecule has 0 bridgehead atoms. The van der Waals surface area contributed by atoms with Gasteiger partial charge in [-0.25, -0.2) is 4.98 Å². The maximum absolute atomic E-state index is 10.1. The molecule has 2 aliphatic rings. The molecule has 0 amide bonds. The van der Waals surface area contributed by atoms with E-state index < -0.39 is 0 Å². The zero-order chi connectivity index (χ0) is 25.1. The minimum Gasteiger partial charge on any atom is -0.393 e. The standard InChI is InChI=1S/C29H42N6O/c1-4-5-21(2)31-29-30-18-26-27(20-35(28(26)32-29)24-10-12-25(36)13-11-24)23-8-6-22(7-9-23)19-34-16-14-33(3)15-17-34/h6-9,18,20-21,24-25,36H,4-5,10-17,19H2,1-3H3,(H,30,31,32). The topological polar surface area (TPSA) is 69.5 Å². The van der Waals surface area contributed by atoms with E-state index in [1.807, 2.05) is 6.20 Å². The van der Waals surface area contributed by atoms with Gasteiger partial charge in [0.2, 0.25) is 5.95 Å². The number of rotatable bonds is 8. The number of likely N-dealkylation sites (N-methyl/N-ethyl adjacent to an activating group) is 1. The average molecular weight is 491 g/mol. The smallest absolute Gasteiger partial charge is 0.224 e. The number of aromatic nitrogens is 3. The Hall–Kier alpha value is -2.48. The zero-order valence-electron chi connectivity index (χ0n) is 22.2. The van der Waals surface area contributed by atoms with Gasteiger partial charge in [0.05, 0.1) is 6.10 Å². The van der Waals surface area contributed by atoms with Gasteiger partial charge in [-0.1, -0.05) is 37.6 Å². The fourth-order valence-electron chi connectivity index (χ4n) is 5.72. The summed E-state index contributed by atoms with van der Waals surface area (Å²) < 4.78 is 2.35. The number of benzene rings is 1. The molecule has 1 aromatic carbocycles. The first kappa shape index (κ1) is 25.2. The number of fused-ring (bicyclic) bond motifs is 1. The van der Waals surface area contributed by atoms with E-state index in [0.717, 1.165) is 82.3 Å². The second-order valence-corrected chi connectivity index (χ2v) is 11.0.